The Morgan fingerprint density at radius 1 is 0.710 bits per heavy atom. The third kappa shape index (κ3) is 17.2. The number of likely N-dealkylation sites (N-methyl/N-ethyl adjacent to an activating group) is 1. The summed E-state index contributed by atoms with van der Waals surface area (Å²) in [6.45, 7) is 3.61. The lowest BCUT2D eigenvalue weighted by Crippen LogP contribution is -2.44. The first-order valence-electron chi connectivity index (χ1n) is 13.3. The van der Waals surface area contributed by atoms with Gasteiger partial charge >= 0.3 is 7.82 Å². The fourth-order valence-electron chi connectivity index (χ4n) is 4.21. The van der Waals surface area contributed by atoms with Crippen molar-refractivity contribution in [3.8, 4) is 0 Å². The Morgan fingerprint density at radius 3 is 1.52 bits per heavy atom. The van der Waals surface area contributed by atoms with Crippen LogP contribution in [0.5, 0.6) is 0 Å². The molecule has 0 saturated heterocycles. The van der Waals surface area contributed by atoms with Gasteiger partial charge in [-0.05, 0) is 6.42 Å². The number of unbranched alkanes of at least 4 members (excludes halogenated alkanes) is 15. The predicted octanol–water partition coefficient (Wildman–Crippen LogP) is 7.62. The van der Waals surface area contributed by atoms with Gasteiger partial charge in [-0.1, -0.05) is 103 Å². The van der Waals surface area contributed by atoms with Crippen LogP contribution in [0.3, 0.4) is 0 Å². The maximum absolute atomic E-state index is 11.9. The van der Waals surface area contributed by atoms with Crippen LogP contribution in [-0.2, 0) is 13.6 Å². The van der Waals surface area contributed by atoms with Gasteiger partial charge in [0, 0.05) is 12.8 Å². The molecule has 1 aliphatic rings. The summed E-state index contributed by atoms with van der Waals surface area (Å²) in [5.74, 6) is 0. The second kappa shape index (κ2) is 17.5. The molecule has 0 spiro atoms. The van der Waals surface area contributed by atoms with Crippen molar-refractivity contribution in [2.24, 2.45) is 0 Å². The van der Waals surface area contributed by atoms with Crippen LogP contribution in [0.1, 0.15) is 122 Å². The van der Waals surface area contributed by atoms with E-state index in [0.29, 0.717) is 12.6 Å². The molecule has 1 saturated carbocycles. The van der Waals surface area contributed by atoms with Gasteiger partial charge in [-0.15, -0.1) is 0 Å². The topological polar surface area (TPSA) is 55.8 Å². The molecular formula is C25H53NO4P+. The number of rotatable bonds is 23. The van der Waals surface area contributed by atoms with E-state index in [9.17, 15) is 9.46 Å². The summed E-state index contributed by atoms with van der Waals surface area (Å²) in [6.07, 6.45) is 23.6. The zero-order valence-corrected chi connectivity index (χ0v) is 21.9. The summed E-state index contributed by atoms with van der Waals surface area (Å²) < 4.78 is 23.1. The van der Waals surface area contributed by atoms with Crippen LogP contribution in [0, 0.1) is 0 Å². The number of quaternary nitrogens is 1. The number of phosphoric ester groups is 1. The van der Waals surface area contributed by atoms with Crippen molar-refractivity contribution in [2.75, 3.05) is 33.9 Å². The summed E-state index contributed by atoms with van der Waals surface area (Å²) >= 11 is 0. The van der Waals surface area contributed by atoms with Crippen molar-refractivity contribution in [1.82, 2.24) is 0 Å². The fraction of sp³-hybridized carbons (Fsp3) is 1.00. The third-order valence-corrected chi connectivity index (χ3v) is 7.73. The van der Waals surface area contributed by atoms with Crippen LogP contribution in [0.4, 0.5) is 0 Å². The standard InChI is InChI=1S/C25H52NO4P/c1-4-5-6-7-8-9-10-11-12-13-14-15-16-17-18-19-23-29-31(27,28)30-24-22-26(2,3)25-20-21-25/h25H,4-24H2,1-3H3/p+1. The Hall–Kier alpha value is 0.0700. The van der Waals surface area contributed by atoms with Gasteiger partial charge in [0.1, 0.15) is 13.2 Å². The van der Waals surface area contributed by atoms with Crippen LogP contribution in [0.15, 0.2) is 0 Å². The lowest BCUT2D eigenvalue weighted by atomic mass is 10.0. The van der Waals surface area contributed by atoms with E-state index in [1.165, 1.54) is 103 Å². The molecule has 0 aromatic rings. The highest BCUT2D eigenvalue weighted by Gasteiger charge is 2.38. The van der Waals surface area contributed by atoms with E-state index < -0.39 is 7.82 Å². The van der Waals surface area contributed by atoms with Gasteiger partial charge in [0.05, 0.1) is 26.7 Å². The smallest absolute Gasteiger partial charge is 0.324 e. The van der Waals surface area contributed by atoms with Gasteiger partial charge in [0.2, 0.25) is 0 Å². The number of phosphoric acid groups is 1. The van der Waals surface area contributed by atoms with Gasteiger partial charge in [-0.2, -0.15) is 0 Å². The summed E-state index contributed by atoms with van der Waals surface area (Å²) in [4.78, 5) is 9.80. The molecule has 0 heterocycles. The fourth-order valence-corrected chi connectivity index (χ4v) is 4.96. The Balaban J connectivity index is 1.80. The third-order valence-electron chi connectivity index (χ3n) is 6.71. The highest BCUT2D eigenvalue weighted by molar-refractivity contribution is 7.47. The first kappa shape index (κ1) is 29.1. The number of hydrogen-bond acceptors (Lipinski definition) is 3. The summed E-state index contributed by atoms with van der Waals surface area (Å²) in [5.41, 5.74) is 0. The number of hydrogen-bond donors (Lipinski definition) is 1. The molecular weight excluding hydrogens is 409 g/mol. The Labute approximate surface area is 193 Å². The SMILES string of the molecule is CCCCCCCCCCCCCCCCCCOP(=O)(O)OCC[N+](C)(C)C1CC1. The monoisotopic (exact) mass is 462 g/mol. The predicted molar refractivity (Wildman–Crippen MR) is 131 cm³/mol. The van der Waals surface area contributed by atoms with Crippen LogP contribution in [0.25, 0.3) is 0 Å². The van der Waals surface area contributed by atoms with Crippen molar-refractivity contribution in [2.45, 2.75) is 129 Å². The van der Waals surface area contributed by atoms with Gasteiger partial charge in [0.25, 0.3) is 0 Å². The molecule has 1 fully saturated rings. The molecule has 186 valence electrons. The van der Waals surface area contributed by atoms with Crippen molar-refractivity contribution in [3.63, 3.8) is 0 Å². The molecule has 1 N–H and O–H groups in total. The molecule has 0 aliphatic heterocycles. The van der Waals surface area contributed by atoms with Crippen LogP contribution in [0.2, 0.25) is 0 Å². The second-order valence-electron chi connectivity index (χ2n) is 10.2. The van der Waals surface area contributed by atoms with E-state index in [1.54, 1.807) is 0 Å². The zero-order valence-electron chi connectivity index (χ0n) is 21.0. The second-order valence-corrected chi connectivity index (χ2v) is 11.6. The van der Waals surface area contributed by atoms with Crippen molar-refractivity contribution in [1.29, 1.82) is 0 Å². The van der Waals surface area contributed by atoms with E-state index in [2.05, 4.69) is 21.0 Å². The Bertz CT molecular complexity index is 468. The maximum Gasteiger partial charge on any atom is 0.472 e. The summed E-state index contributed by atoms with van der Waals surface area (Å²) in [6, 6.07) is 0.688. The van der Waals surface area contributed by atoms with Crippen molar-refractivity contribution < 1.29 is 23.0 Å². The quantitative estimate of drug-likeness (QED) is 0.0964. The minimum absolute atomic E-state index is 0.274. The molecule has 1 unspecified atom stereocenters. The molecule has 0 aromatic heterocycles. The lowest BCUT2D eigenvalue weighted by molar-refractivity contribution is -0.901. The van der Waals surface area contributed by atoms with Crippen LogP contribution in [-0.4, -0.2) is 49.3 Å². The summed E-state index contributed by atoms with van der Waals surface area (Å²) in [7, 11) is 0.419. The Morgan fingerprint density at radius 2 is 1.10 bits per heavy atom. The van der Waals surface area contributed by atoms with Crippen molar-refractivity contribution >= 4 is 7.82 Å². The lowest BCUT2D eigenvalue weighted by Gasteiger charge is -2.29. The molecule has 0 bridgehead atoms. The minimum Gasteiger partial charge on any atom is -0.324 e. The number of nitrogens with zero attached hydrogens (tertiary/aromatic N) is 1. The van der Waals surface area contributed by atoms with E-state index in [0.717, 1.165) is 23.9 Å². The minimum atomic E-state index is -3.89. The Kier molecular flexibility index (Phi) is 16.5. The largest absolute Gasteiger partial charge is 0.472 e. The maximum atomic E-state index is 11.9. The first-order valence-corrected chi connectivity index (χ1v) is 14.8. The highest BCUT2D eigenvalue weighted by Crippen LogP contribution is 2.43. The van der Waals surface area contributed by atoms with E-state index in [-0.39, 0.29) is 6.61 Å². The highest BCUT2D eigenvalue weighted by atomic mass is 31.2. The molecule has 6 heteroatoms. The normalized spacial score (nSPS) is 16.5. The van der Waals surface area contributed by atoms with Gasteiger partial charge < -0.3 is 9.38 Å². The molecule has 1 rings (SSSR count). The zero-order chi connectivity index (χ0) is 22.8. The molecule has 5 nitrogen and oxygen atoms in total. The summed E-state index contributed by atoms with van der Waals surface area (Å²) in [5, 5.41) is 0. The molecule has 31 heavy (non-hydrogen) atoms. The molecule has 0 aromatic carbocycles. The molecule has 0 amide bonds. The molecule has 1 aliphatic carbocycles. The molecule has 0 radical (unpaired) electrons. The van der Waals surface area contributed by atoms with E-state index in [4.69, 9.17) is 9.05 Å². The van der Waals surface area contributed by atoms with Crippen LogP contribution >= 0.6 is 7.82 Å². The van der Waals surface area contributed by atoms with E-state index >= 15 is 0 Å². The first-order chi connectivity index (χ1) is 14.9. The van der Waals surface area contributed by atoms with Gasteiger partial charge in [-0.3, -0.25) is 9.05 Å². The van der Waals surface area contributed by atoms with E-state index in [1.807, 2.05) is 0 Å². The van der Waals surface area contributed by atoms with Crippen LogP contribution < -0.4 is 0 Å². The average Bonchev–Trinajstić information content (AvgIpc) is 3.56. The average molecular weight is 463 g/mol. The van der Waals surface area contributed by atoms with Gasteiger partial charge in [-0.25, -0.2) is 4.57 Å². The van der Waals surface area contributed by atoms with Crippen molar-refractivity contribution in [3.05, 3.63) is 0 Å². The van der Waals surface area contributed by atoms with Gasteiger partial charge in [0.15, 0.2) is 0 Å². The molecule has 1 atom stereocenters.